The van der Waals surface area contributed by atoms with E-state index in [9.17, 15) is 4.79 Å². The number of amides is 1. The Balaban J connectivity index is 1.42. The number of benzene rings is 4. The molecule has 138 valence electrons. The van der Waals surface area contributed by atoms with E-state index in [2.05, 4.69) is 23.5 Å². The lowest BCUT2D eigenvalue weighted by Crippen LogP contribution is -2.22. The summed E-state index contributed by atoms with van der Waals surface area (Å²) in [6.07, 6.45) is 0. The number of fused-ring (bicyclic) bond motifs is 1. The molecule has 0 heterocycles. The van der Waals surface area contributed by atoms with Gasteiger partial charge >= 0.3 is 0 Å². The molecule has 0 aromatic heterocycles. The Labute approximate surface area is 164 Å². The number of carbonyl (C=O) groups is 1. The van der Waals surface area contributed by atoms with Gasteiger partial charge in [-0.05, 0) is 40.1 Å². The Hall–Kier alpha value is -3.59. The molecular weight excluding hydrogens is 346 g/mol. The minimum Gasteiger partial charge on any atom is -0.489 e. The van der Waals surface area contributed by atoms with Crippen molar-refractivity contribution in [3.05, 3.63) is 114 Å². The van der Waals surface area contributed by atoms with Crippen LogP contribution in [0, 0.1) is 0 Å². The summed E-state index contributed by atoms with van der Waals surface area (Å²) < 4.78 is 5.82. The van der Waals surface area contributed by atoms with Crippen molar-refractivity contribution in [2.24, 2.45) is 0 Å². The van der Waals surface area contributed by atoms with Crippen LogP contribution in [0.25, 0.3) is 10.8 Å². The third-order valence-electron chi connectivity index (χ3n) is 4.66. The summed E-state index contributed by atoms with van der Waals surface area (Å²) in [4.78, 5) is 12.6. The summed E-state index contributed by atoms with van der Waals surface area (Å²) >= 11 is 0. The number of hydrogen-bond acceptors (Lipinski definition) is 2. The summed E-state index contributed by atoms with van der Waals surface area (Å²) in [5.74, 6) is 0.569. The van der Waals surface area contributed by atoms with Crippen LogP contribution >= 0.6 is 0 Å². The molecule has 3 nitrogen and oxygen atoms in total. The number of hydrogen-bond donors (Lipinski definition) is 1. The van der Waals surface area contributed by atoms with Gasteiger partial charge in [0.05, 0.1) is 0 Å². The lowest BCUT2D eigenvalue weighted by atomic mass is 10.0. The maximum absolute atomic E-state index is 12.6. The highest BCUT2D eigenvalue weighted by Gasteiger charge is 2.08. The lowest BCUT2D eigenvalue weighted by molar-refractivity contribution is 0.0950. The fourth-order valence-electron chi connectivity index (χ4n) is 3.19. The molecular formula is C25H21NO2. The number of rotatable bonds is 6. The Morgan fingerprint density at radius 2 is 1.54 bits per heavy atom. The van der Waals surface area contributed by atoms with Crippen molar-refractivity contribution in [1.29, 1.82) is 0 Å². The molecule has 0 aliphatic carbocycles. The Bertz CT molecular complexity index is 1080. The molecule has 0 atom stereocenters. The first-order valence-corrected chi connectivity index (χ1v) is 9.31. The molecule has 0 aliphatic rings. The van der Waals surface area contributed by atoms with Crippen molar-refractivity contribution in [1.82, 2.24) is 5.32 Å². The first-order valence-electron chi connectivity index (χ1n) is 9.31. The minimum atomic E-state index is -0.113. The summed E-state index contributed by atoms with van der Waals surface area (Å²) in [5.41, 5.74) is 2.78. The van der Waals surface area contributed by atoms with Gasteiger partial charge < -0.3 is 10.1 Å². The van der Waals surface area contributed by atoms with Gasteiger partial charge in [-0.3, -0.25) is 4.79 Å². The van der Waals surface area contributed by atoms with Crippen molar-refractivity contribution in [3.8, 4) is 5.75 Å². The van der Waals surface area contributed by atoms with E-state index in [1.807, 2.05) is 66.7 Å². The first-order chi connectivity index (χ1) is 13.8. The van der Waals surface area contributed by atoms with Crippen LogP contribution in [-0.4, -0.2) is 5.91 Å². The molecule has 0 radical (unpaired) electrons. The molecule has 3 heteroatoms. The quantitative estimate of drug-likeness (QED) is 0.499. The molecule has 4 rings (SSSR count). The fraction of sp³-hybridized carbons (Fsp3) is 0.0800. The van der Waals surface area contributed by atoms with Crippen molar-refractivity contribution < 1.29 is 9.53 Å². The molecule has 4 aromatic carbocycles. The Morgan fingerprint density at radius 3 is 2.43 bits per heavy atom. The second-order valence-electron chi connectivity index (χ2n) is 6.62. The zero-order valence-corrected chi connectivity index (χ0v) is 15.5. The third-order valence-corrected chi connectivity index (χ3v) is 4.66. The van der Waals surface area contributed by atoms with Gasteiger partial charge in [-0.25, -0.2) is 0 Å². The van der Waals surface area contributed by atoms with E-state index in [0.29, 0.717) is 24.5 Å². The largest absolute Gasteiger partial charge is 0.489 e. The normalized spacial score (nSPS) is 10.6. The number of ether oxygens (including phenoxy) is 1. The molecule has 0 spiro atoms. The monoisotopic (exact) mass is 367 g/mol. The van der Waals surface area contributed by atoms with E-state index in [4.69, 9.17) is 4.74 Å². The summed E-state index contributed by atoms with van der Waals surface area (Å²) in [6, 6.07) is 31.6. The summed E-state index contributed by atoms with van der Waals surface area (Å²) in [7, 11) is 0. The average molecular weight is 367 g/mol. The third kappa shape index (κ3) is 4.21. The molecule has 4 aromatic rings. The van der Waals surface area contributed by atoms with Crippen molar-refractivity contribution >= 4 is 16.7 Å². The van der Waals surface area contributed by atoms with Crippen LogP contribution in [0.4, 0.5) is 0 Å². The van der Waals surface area contributed by atoms with Crippen LogP contribution in [0.1, 0.15) is 21.5 Å². The van der Waals surface area contributed by atoms with E-state index in [0.717, 1.165) is 16.5 Å². The molecule has 1 N–H and O–H groups in total. The van der Waals surface area contributed by atoms with E-state index in [-0.39, 0.29) is 5.91 Å². The van der Waals surface area contributed by atoms with Gasteiger partial charge in [0.1, 0.15) is 12.4 Å². The van der Waals surface area contributed by atoms with Gasteiger partial charge in [0.15, 0.2) is 0 Å². The van der Waals surface area contributed by atoms with E-state index >= 15 is 0 Å². The highest BCUT2D eigenvalue weighted by Crippen LogP contribution is 2.19. The van der Waals surface area contributed by atoms with Crippen LogP contribution < -0.4 is 10.1 Å². The summed E-state index contributed by atoms with van der Waals surface area (Å²) in [5, 5.41) is 5.34. The summed E-state index contributed by atoms with van der Waals surface area (Å²) in [6.45, 7) is 0.956. The predicted octanol–water partition coefficient (Wildman–Crippen LogP) is 5.35. The predicted molar refractivity (Wildman–Crippen MR) is 112 cm³/mol. The zero-order chi connectivity index (χ0) is 19.2. The molecule has 0 bridgehead atoms. The number of carbonyl (C=O) groups excluding carboxylic acids is 1. The van der Waals surface area contributed by atoms with Crippen molar-refractivity contribution in [2.75, 3.05) is 0 Å². The van der Waals surface area contributed by atoms with Gasteiger partial charge in [-0.15, -0.1) is 0 Å². The van der Waals surface area contributed by atoms with Gasteiger partial charge in [0.25, 0.3) is 5.91 Å². The molecule has 28 heavy (non-hydrogen) atoms. The highest BCUT2D eigenvalue weighted by molar-refractivity contribution is 5.95. The molecule has 1 amide bonds. The van der Waals surface area contributed by atoms with Crippen LogP contribution in [0.15, 0.2) is 97.1 Å². The van der Waals surface area contributed by atoms with E-state index in [1.54, 1.807) is 12.1 Å². The highest BCUT2D eigenvalue weighted by atomic mass is 16.5. The zero-order valence-electron chi connectivity index (χ0n) is 15.5. The second-order valence-corrected chi connectivity index (χ2v) is 6.62. The SMILES string of the molecule is O=C(NCc1cccc2ccccc12)c1cccc(OCc2ccccc2)c1. The lowest BCUT2D eigenvalue weighted by Gasteiger charge is -2.10. The first kappa shape index (κ1) is 17.8. The topological polar surface area (TPSA) is 38.3 Å². The van der Waals surface area contributed by atoms with Crippen molar-refractivity contribution in [2.45, 2.75) is 13.2 Å². The molecule has 0 saturated carbocycles. The van der Waals surface area contributed by atoms with Crippen LogP contribution in [0.2, 0.25) is 0 Å². The molecule has 0 fully saturated rings. The van der Waals surface area contributed by atoms with Gasteiger partial charge in [-0.1, -0.05) is 78.9 Å². The smallest absolute Gasteiger partial charge is 0.251 e. The Morgan fingerprint density at radius 1 is 0.786 bits per heavy atom. The van der Waals surface area contributed by atoms with Gasteiger partial charge in [0, 0.05) is 12.1 Å². The molecule has 0 aliphatic heterocycles. The standard InChI is InChI=1S/C25H21NO2/c27-25(26-17-22-13-6-11-20-10-4-5-15-24(20)22)21-12-7-14-23(16-21)28-18-19-8-2-1-3-9-19/h1-16H,17-18H2,(H,26,27). The molecule has 0 unspecified atom stereocenters. The molecule has 0 saturated heterocycles. The van der Waals surface area contributed by atoms with Gasteiger partial charge in [0.2, 0.25) is 0 Å². The van der Waals surface area contributed by atoms with Crippen LogP contribution in [-0.2, 0) is 13.2 Å². The van der Waals surface area contributed by atoms with Crippen LogP contribution in [0.5, 0.6) is 5.75 Å². The van der Waals surface area contributed by atoms with E-state index in [1.165, 1.54) is 5.39 Å². The van der Waals surface area contributed by atoms with Crippen molar-refractivity contribution in [3.63, 3.8) is 0 Å². The van der Waals surface area contributed by atoms with Crippen LogP contribution in [0.3, 0.4) is 0 Å². The minimum absolute atomic E-state index is 0.113. The maximum atomic E-state index is 12.6. The second kappa shape index (κ2) is 8.40. The maximum Gasteiger partial charge on any atom is 0.251 e. The average Bonchev–Trinajstić information content (AvgIpc) is 2.77. The fourth-order valence-corrected chi connectivity index (χ4v) is 3.19. The van der Waals surface area contributed by atoms with E-state index < -0.39 is 0 Å². The number of nitrogens with one attached hydrogen (secondary N) is 1. The van der Waals surface area contributed by atoms with Gasteiger partial charge in [-0.2, -0.15) is 0 Å². The Kier molecular flexibility index (Phi) is 5.34.